The number of anilines is 1. The molecule has 0 spiro atoms. The number of nitrogens with one attached hydrogen (secondary N) is 2. The molecule has 0 atom stereocenters. The highest BCUT2D eigenvalue weighted by Crippen LogP contribution is 2.22. The molecule has 0 radical (unpaired) electrons. The van der Waals surface area contributed by atoms with Crippen molar-refractivity contribution in [2.45, 2.75) is 36.6 Å². The Hall–Kier alpha value is -1.11. The maximum atomic E-state index is 11.9. The molecule has 106 valence electrons. The Labute approximate surface area is 114 Å². The van der Waals surface area contributed by atoms with Gasteiger partial charge in [-0.3, -0.25) is 0 Å². The summed E-state index contributed by atoms with van der Waals surface area (Å²) >= 11 is 0. The maximum absolute atomic E-state index is 11.9. The van der Waals surface area contributed by atoms with Gasteiger partial charge in [-0.25, -0.2) is 13.1 Å². The number of hydrogen-bond donors (Lipinski definition) is 3. The van der Waals surface area contributed by atoms with Crippen molar-refractivity contribution in [3.8, 4) is 0 Å². The molecule has 2 rings (SSSR count). The molecule has 0 amide bonds. The zero-order valence-corrected chi connectivity index (χ0v) is 11.6. The first kappa shape index (κ1) is 14.3. The Morgan fingerprint density at radius 2 is 1.84 bits per heavy atom. The fourth-order valence-corrected chi connectivity index (χ4v) is 3.02. The molecule has 1 aromatic carbocycles. The molecular weight excluding hydrogens is 264 g/mol. The standard InChI is InChI=1S/C13H20N2O3S/c16-10-2-1-9-14-11-5-7-13(8-6-11)19(17,18)15-12-3-4-12/h5-8,12,14-16H,1-4,9-10H2. The van der Waals surface area contributed by atoms with Gasteiger partial charge in [-0.1, -0.05) is 0 Å². The van der Waals surface area contributed by atoms with Crippen LogP contribution in [-0.4, -0.2) is 32.7 Å². The number of unbranched alkanes of at least 4 members (excludes halogenated alkanes) is 1. The summed E-state index contributed by atoms with van der Waals surface area (Å²) < 4.78 is 26.5. The molecule has 1 fully saturated rings. The average molecular weight is 284 g/mol. The third-order valence-corrected chi connectivity index (χ3v) is 4.51. The van der Waals surface area contributed by atoms with E-state index in [0.29, 0.717) is 4.90 Å². The number of hydrogen-bond acceptors (Lipinski definition) is 4. The van der Waals surface area contributed by atoms with Gasteiger partial charge in [0, 0.05) is 24.9 Å². The first-order valence-corrected chi connectivity index (χ1v) is 8.07. The number of rotatable bonds is 8. The van der Waals surface area contributed by atoms with Crippen LogP contribution in [0.5, 0.6) is 0 Å². The van der Waals surface area contributed by atoms with Crippen LogP contribution in [0.2, 0.25) is 0 Å². The van der Waals surface area contributed by atoms with E-state index < -0.39 is 10.0 Å². The Balaban J connectivity index is 1.90. The van der Waals surface area contributed by atoms with Gasteiger partial charge in [-0.15, -0.1) is 0 Å². The van der Waals surface area contributed by atoms with Crippen LogP contribution in [0.4, 0.5) is 5.69 Å². The highest BCUT2D eigenvalue weighted by Gasteiger charge is 2.27. The molecule has 6 heteroatoms. The van der Waals surface area contributed by atoms with Crippen LogP contribution in [0.1, 0.15) is 25.7 Å². The lowest BCUT2D eigenvalue weighted by molar-refractivity contribution is 0.286. The Morgan fingerprint density at radius 3 is 2.42 bits per heavy atom. The molecule has 19 heavy (non-hydrogen) atoms. The fourth-order valence-electron chi connectivity index (χ4n) is 1.71. The molecule has 1 aliphatic carbocycles. The average Bonchev–Trinajstić information content (AvgIpc) is 3.18. The summed E-state index contributed by atoms with van der Waals surface area (Å²) in [5.41, 5.74) is 0.892. The normalized spacial score (nSPS) is 15.4. The van der Waals surface area contributed by atoms with Crippen molar-refractivity contribution in [2.75, 3.05) is 18.5 Å². The van der Waals surface area contributed by atoms with Gasteiger partial charge in [0.1, 0.15) is 0 Å². The lowest BCUT2D eigenvalue weighted by Gasteiger charge is -2.08. The van der Waals surface area contributed by atoms with Gasteiger partial charge in [0.25, 0.3) is 0 Å². The molecule has 1 aromatic rings. The number of aliphatic hydroxyl groups excluding tert-OH is 1. The van der Waals surface area contributed by atoms with Crippen molar-refractivity contribution in [3.63, 3.8) is 0 Å². The number of sulfonamides is 1. The van der Waals surface area contributed by atoms with Crippen LogP contribution in [-0.2, 0) is 10.0 Å². The second-order valence-corrected chi connectivity index (χ2v) is 6.49. The zero-order chi connectivity index (χ0) is 13.7. The minimum Gasteiger partial charge on any atom is -0.396 e. The van der Waals surface area contributed by atoms with Gasteiger partial charge in [0.15, 0.2) is 0 Å². The minimum atomic E-state index is -3.35. The summed E-state index contributed by atoms with van der Waals surface area (Å²) in [6, 6.07) is 6.88. The monoisotopic (exact) mass is 284 g/mol. The van der Waals surface area contributed by atoms with Crippen LogP contribution in [0, 0.1) is 0 Å². The number of benzene rings is 1. The van der Waals surface area contributed by atoms with Crippen molar-refractivity contribution in [2.24, 2.45) is 0 Å². The summed E-state index contributed by atoms with van der Waals surface area (Å²) in [5.74, 6) is 0. The van der Waals surface area contributed by atoms with E-state index in [1.165, 1.54) is 0 Å². The Bertz CT molecular complexity index is 495. The van der Waals surface area contributed by atoms with E-state index in [4.69, 9.17) is 5.11 Å². The predicted octanol–water partition coefficient (Wildman–Crippen LogP) is 1.31. The van der Waals surface area contributed by atoms with Gasteiger partial charge >= 0.3 is 0 Å². The molecule has 1 saturated carbocycles. The molecule has 0 aliphatic heterocycles. The van der Waals surface area contributed by atoms with Crippen molar-refractivity contribution in [3.05, 3.63) is 24.3 Å². The quantitative estimate of drug-likeness (QED) is 0.629. The van der Waals surface area contributed by atoms with Crippen molar-refractivity contribution >= 4 is 15.7 Å². The van der Waals surface area contributed by atoms with Gasteiger partial charge < -0.3 is 10.4 Å². The smallest absolute Gasteiger partial charge is 0.240 e. The predicted molar refractivity (Wildman–Crippen MR) is 74.6 cm³/mol. The van der Waals surface area contributed by atoms with E-state index in [0.717, 1.165) is 37.9 Å². The zero-order valence-electron chi connectivity index (χ0n) is 10.8. The van der Waals surface area contributed by atoms with E-state index >= 15 is 0 Å². The molecule has 1 aliphatic rings. The fraction of sp³-hybridized carbons (Fsp3) is 0.538. The van der Waals surface area contributed by atoms with Crippen molar-refractivity contribution < 1.29 is 13.5 Å². The van der Waals surface area contributed by atoms with Crippen molar-refractivity contribution in [1.29, 1.82) is 0 Å². The molecule has 0 aromatic heterocycles. The molecular formula is C13H20N2O3S. The molecule has 0 heterocycles. The lowest BCUT2D eigenvalue weighted by atomic mass is 10.3. The van der Waals surface area contributed by atoms with Crippen LogP contribution in [0.15, 0.2) is 29.2 Å². The topological polar surface area (TPSA) is 78.4 Å². The SMILES string of the molecule is O=S(=O)(NC1CC1)c1ccc(NCCCCO)cc1. The minimum absolute atomic E-state index is 0.126. The molecule has 3 N–H and O–H groups in total. The second-order valence-electron chi connectivity index (χ2n) is 4.78. The summed E-state index contributed by atoms with van der Waals surface area (Å²) in [5, 5.41) is 11.8. The van der Waals surface area contributed by atoms with E-state index in [2.05, 4.69) is 10.0 Å². The van der Waals surface area contributed by atoms with E-state index in [1.807, 2.05) is 0 Å². The largest absolute Gasteiger partial charge is 0.396 e. The molecule has 5 nitrogen and oxygen atoms in total. The summed E-state index contributed by atoms with van der Waals surface area (Å²) in [7, 11) is -3.35. The van der Waals surface area contributed by atoms with Crippen LogP contribution in [0.25, 0.3) is 0 Å². The molecule has 0 saturated heterocycles. The van der Waals surface area contributed by atoms with Gasteiger partial charge in [-0.2, -0.15) is 0 Å². The highest BCUT2D eigenvalue weighted by atomic mass is 32.2. The third kappa shape index (κ3) is 4.49. The summed E-state index contributed by atoms with van der Waals surface area (Å²) in [6.45, 7) is 0.971. The van der Waals surface area contributed by atoms with Crippen LogP contribution >= 0.6 is 0 Å². The van der Waals surface area contributed by atoms with E-state index in [9.17, 15) is 8.42 Å². The molecule has 0 bridgehead atoms. The van der Waals surface area contributed by atoms with Gasteiger partial charge in [-0.05, 0) is 49.9 Å². The second kappa shape index (κ2) is 6.36. The van der Waals surface area contributed by atoms with Gasteiger partial charge in [0.05, 0.1) is 4.90 Å². The van der Waals surface area contributed by atoms with Crippen LogP contribution < -0.4 is 10.0 Å². The highest BCUT2D eigenvalue weighted by molar-refractivity contribution is 7.89. The van der Waals surface area contributed by atoms with E-state index in [1.54, 1.807) is 24.3 Å². The van der Waals surface area contributed by atoms with E-state index in [-0.39, 0.29) is 12.6 Å². The third-order valence-electron chi connectivity index (χ3n) is 2.98. The summed E-state index contributed by atoms with van der Waals surface area (Å²) in [4.78, 5) is 0.306. The lowest BCUT2D eigenvalue weighted by Crippen LogP contribution is -2.25. The maximum Gasteiger partial charge on any atom is 0.240 e. The number of aliphatic hydroxyl groups is 1. The first-order chi connectivity index (χ1) is 9.12. The summed E-state index contributed by atoms with van der Waals surface area (Å²) in [6.07, 6.45) is 3.53. The first-order valence-electron chi connectivity index (χ1n) is 6.59. The van der Waals surface area contributed by atoms with Gasteiger partial charge in [0.2, 0.25) is 10.0 Å². The van der Waals surface area contributed by atoms with Crippen molar-refractivity contribution in [1.82, 2.24) is 4.72 Å². The molecule has 0 unspecified atom stereocenters. The Kier molecular flexibility index (Phi) is 4.79. The Morgan fingerprint density at radius 1 is 1.16 bits per heavy atom. The van der Waals surface area contributed by atoms with Crippen LogP contribution in [0.3, 0.4) is 0 Å².